The summed E-state index contributed by atoms with van der Waals surface area (Å²) in [7, 11) is 0. The topological polar surface area (TPSA) is 66.5 Å². The first-order valence-electron chi connectivity index (χ1n) is 6.64. The number of benzene rings is 1. The molecule has 0 unspecified atom stereocenters. The number of hydrazone groups is 1. The van der Waals surface area contributed by atoms with Crippen molar-refractivity contribution in [2.75, 3.05) is 29.1 Å². The van der Waals surface area contributed by atoms with Gasteiger partial charge in [0, 0.05) is 24.2 Å². The Bertz CT molecular complexity index is 634. The van der Waals surface area contributed by atoms with Gasteiger partial charge in [0.2, 0.25) is 5.13 Å². The summed E-state index contributed by atoms with van der Waals surface area (Å²) < 4.78 is 0. The lowest BCUT2D eigenvalue weighted by Crippen LogP contribution is -2.18. The van der Waals surface area contributed by atoms with E-state index in [0.717, 1.165) is 25.1 Å². The Morgan fingerprint density at radius 1 is 1.55 bits per heavy atom. The van der Waals surface area contributed by atoms with E-state index < -0.39 is 0 Å². The van der Waals surface area contributed by atoms with E-state index in [2.05, 4.69) is 45.5 Å². The Kier molecular flexibility index (Phi) is 3.56. The fourth-order valence-corrected chi connectivity index (χ4v) is 2.95. The van der Waals surface area contributed by atoms with Crippen LogP contribution in [0.5, 0.6) is 0 Å². The Hall–Kier alpha value is -2.08. The smallest absolute Gasteiger partial charge is 0.205 e. The van der Waals surface area contributed by atoms with Crippen LogP contribution in [-0.2, 0) is 6.42 Å². The molecule has 3 rings (SSSR count). The van der Waals surface area contributed by atoms with E-state index in [1.54, 1.807) is 5.38 Å². The number of hydrogen-bond donors (Lipinski definition) is 2. The molecule has 0 fully saturated rings. The molecule has 0 saturated carbocycles. The number of hydrogen-bond acceptors (Lipinski definition) is 6. The molecule has 1 aromatic heterocycles. The second-order valence-electron chi connectivity index (χ2n) is 4.67. The second kappa shape index (κ2) is 5.50. The van der Waals surface area contributed by atoms with Gasteiger partial charge >= 0.3 is 0 Å². The molecule has 1 aliphatic heterocycles. The maximum Gasteiger partial charge on any atom is 0.205 e. The lowest BCUT2D eigenvalue weighted by molar-refractivity contribution is 0.868. The van der Waals surface area contributed by atoms with E-state index in [9.17, 15) is 0 Å². The highest BCUT2D eigenvalue weighted by Gasteiger charge is 2.16. The van der Waals surface area contributed by atoms with Crippen molar-refractivity contribution in [3.05, 3.63) is 34.7 Å². The maximum absolute atomic E-state index is 5.55. The molecule has 1 aliphatic rings. The van der Waals surface area contributed by atoms with E-state index in [0.29, 0.717) is 10.9 Å². The van der Waals surface area contributed by atoms with Crippen LogP contribution in [0.2, 0.25) is 0 Å². The molecule has 0 saturated heterocycles. The number of thiazole rings is 1. The van der Waals surface area contributed by atoms with E-state index in [4.69, 9.17) is 5.73 Å². The molecule has 0 bridgehead atoms. The van der Waals surface area contributed by atoms with Gasteiger partial charge in [-0.2, -0.15) is 5.10 Å². The van der Waals surface area contributed by atoms with Crippen LogP contribution in [0.25, 0.3) is 0 Å². The van der Waals surface area contributed by atoms with Crippen molar-refractivity contribution in [3.63, 3.8) is 0 Å². The van der Waals surface area contributed by atoms with Crippen molar-refractivity contribution in [2.24, 2.45) is 5.10 Å². The van der Waals surface area contributed by atoms with Crippen molar-refractivity contribution in [2.45, 2.75) is 13.3 Å². The molecule has 2 heterocycles. The molecular weight excluding hydrogens is 270 g/mol. The van der Waals surface area contributed by atoms with Crippen LogP contribution in [0.15, 0.2) is 28.7 Å². The average Bonchev–Trinajstić information content (AvgIpc) is 3.04. The summed E-state index contributed by atoms with van der Waals surface area (Å²) in [6.07, 6.45) is 2.92. The minimum Gasteiger partial charge on any atom is -0.383 e. The van der Waals surface area contributed by atoms with Crippen LogP contribution in [0.3, 0.4) is 0 Å². The summed E-state index contributed by atoms with van der Waals surface area (Å²) in [5.41, 5.74) is 12.3. The van der Waals surface area contributed by atoms with Gasteiger partial charge in [0.1, 0.15) is 5.82 Å². The number of nitrogens with one attached hydrogen (secondary N) is 1. The summed E-state index contributed by atoms with van der Waals surface area (Å²) in [5, 5.41) is 6.68. The number of rotatable bonds is 4. The van der Waals surface area contributed by atoms with Gasteiger partial charge in [-0.05, 0) is 36.6 Å². The van der Waals surface area contributed by atoms with Crippen LogP contribution >= 0.6 is 11.3 Å². The molecule has 0 amide bonds. The quantitative estimate of drug-likeness (QED) is 0.670. The number of nitrogen functional groups attached to an aromatic ring is 1. The highest BCUT2D eigenvalue weighted by molar-refractivity contribution is 7.14. The van der Waals surface area contributed by atoms with Crippen molar-refractivity contribution in [1.29, 1.82) is 0 Å². The molecule has 20 heavy (non-hydrogen) atoms. The first-order chi connectivity index (χ1) is 9.76. The van der Waals surface area contributed by atoms with Gasteiger partial charge in [-0.15, -0.1) is 11.3 Å². The molecule has 5 nitrogen and oxygen atoms in total. The standard InChI is InChI=1S/C14H17N5S/c1-2-19-6-5-11-7-10(3-4-12(11)19)8-16-18-14-17-13(15)9-20-14/h3-4,7-9H,2,5-6,15H2,1H3,(H,17,18). The zero-order chi connectivity index (χ0) is 13.9. The van der Waals surface area contributed by atoms with Crippen molar-refractivity contribution in [1.82, 2.24) is 4.98 Å². The van der Waals surface area contributed by atoms with Gasteiger partial charge in [-0.3, -0.25) is 5.43 Å². The van der Waals surface area contributed by atoms with E-state index in [1.165, 1.54) is 22.6 Å². The van der Waals surface area contributed by atoms with Crippen LogP contribution in [0.4, 0.5) is 16.6 Å². The Labute approximate surface area is 122 Å². The average molecular weight is 287 g/mol. The fourth-order valence-electron chi connectivity index (χ4n) is 2.40. The highest BCUT2D eigenvalue weighted by Crippen LogP contribution is 2.28. The van der Waals surface area contributed by atoms with Crippen molar-refractivity contribution >= 4 is 34.2 Å². The third kappa shape index (κ3) is 2.60. The Morgan fingerprint density at radius 2 is 2.45 bits per heavy atom. The van der Waals surface area contributed by atoms with Gasteiger partial charge in [0.25, 0.3) is 0 Å². The molecule has 3 N–H and O–H groups in total. The van der Waals surface area contributed by atoms with Gasteiger partial charge in [0.15, 0.2) is 0 Å². The van der Waals surface area contributed by atoms with Gasteiger partial charge < -0.3 is 10.6 Å². The van der Waals surface area contributed by atoms with Crippen LogP contribution in [0, 0.1) is 0 Å². The zero-order valence-corrected chi connectivity index (χ0v) is 12.2. The van der Waals surface area contributed by atoms with Gasteiger partial charge in [-0.25, -0.2) is 4.98 Å². The first-order valence-corrected chi connectivity index (χ1v) is 7.52. The third-order valence-corrected chi connectivity index (χ3v) is 4.14. The number of anilines is 3. The summed E-state index contributed by atoms with van der Waals surface area (Å²) in [6, 6.07) is 6.47. The molecule has 0 atom stereocenters. The minimum atomic E-state index is 0.518. The summed E-state index contributed by atoms with van der Waals surface area (Å²) >= 11 is 1.44. The first kappa shape index (κ1) is 12.9. The Balaban J connectivity index is 1.69. The van der Waals surface area contributed by atoms with E-state index in [-0.39, 0.29) is 0 Å². The maximum atomic E-state index is 5.55. The molecule has 0 spiro atoms. The lowest BCUT2D eigenvalue weighted by atomic mass is 10.1. The third-order valence-electron chi connectivity index (χ3n) is 3.37. The SMILES string of the molecule is CCN1CCc2cc(C=NNc3nc(N)cs3)ccc21. The lowest BCUT2D eigenvalue weighted by Gasteiger charge is -2.16. The monoisotopic (exact) mass is 287 g/mol. The number of fused-ring (bicyclic) bond motifs is 1. The Morgan fingerprint density at radius 3 is 3.20 bits per heavy atom. The molecule has 0 aliphatic carbocycles. The predicted molar refractivity (Wildman–Crippen MR) is 85.8 cm³/mol. The van der Waals surface area contributed by atoms with Crippen LogP contribution in [-0.4, -0.2) is 24.3 Å². The summed E-state index contributed by atoms with van der Waals surface area (Å²) in [4.78, 5) is 6.48. The number of likely N-dealkylation sites (N-methyl/N-ethyl adjacent to an activating group) is 1. The molecule has 6 heteroatoms. The number of nitrogens with two attached hydrogens (primary N) is 1. The summed E-state index contributed by atoms with van der Waals surface area (Å²) in [5.74, 6) is 0.518. The molecular formula is C14H17N5S. The van der Waals surface area contributed by atoms with Crippen molar-refractivity contribution < 1.29 is 0 Å². The van der Waals surface area contributed by atoms with Crippen molar-refractivity contribution in [3.8, 4) is 0 Å². The van der Waals surface area contributed by atoms with Crippen LogP contribution in [0.1, 0.15) is 18.1 Å². The van der Waals surface area contributed by atoms with E-state index in [1.807, 2.05) is 6.21 Å². The summed E-state index contributed by atoms with van der Waals surface area (Å²) in [6.45, 7) is 4.37. The highest BCUT2D eigenvalue weighted by atomic mass is 32.1. The number of nitrogens with zero attached hydrogens (tertiary/aromatic N) is 3. The van der Waals surface area contributed by atoms with Crippen LogP contribution < -0.4 is 16.1 Å². The second-order valence-corrected chi connectivity index (χ2v) is 5.52. The zero-order valence-electron chi connectivity index (χ0n) is 11.3. The molecule has 0 radical (unpaired) electrons. The molecule has 104 valence electrons. The largest absolute Gasteiger partial charge is 0.383 e. The fraction of sp³-hybridized carbons (Fsp3) is 0.286. The normalized spacial score (nSPS) is 13.9. The molecule has 2 aromatic rings. The van der Waals surface area contributed by atoms with Gasteiger partial charge in [0.05, 0.1) is 6.21 Å². The van der Waals surface area contributed by atoms with Gasteiger partial charge in [-0.1, -0.05) is 6.07 Å². The number of aromatic nitrogens is 1. The predicted octanol–water partition coefficient (Wildman–Crippen LogP) is 2.55. The van der Waals surface area contributed by atoms with E-state index >= 15 is 0 Å². The molecule has 1 aromatic carbocycles. The minimum absolute atomic E-state index is 0.518.